The summed E-state index contributed by atoms with van der Waals surface area (Å²) in [6.07, 6.45) is -5.68. The maximum absolute atomic E-state index is 14.0. The Morgan fingerprint density at radius 1 is 0.596 bits per heavy atom. The molecule has 0 aromatic heterocycles. The molecule has 0 aliphatic heterocycles. The van der Waals surface area contributed by atoms with E-state index in [9.17, 15) is 38.0 Å². The van der Waals surface area contributed by atoms with Crippen LogP contribution in [0.1, 0.15) is 60.1 Å². The lowest BCUT2D eigenvalue weighted by atomic mass is 10.0. The van der Waals surface area contributed by atoms with Crippen molar-refractivity contribution in [3.63, 3.8) is 0 Å². The Kier molecular flexibility index (Phi) is 14.7. The lowest BCUT2D eigenvalue weighted by Gasteiger charge is -2.26. The van der Waals surface area contributed by atoms with E-state index in [1.165, 1.54) is 24.3 Å². The minimum absolute atomic E-state index is 0.0364. The van der Waals surface area contributed by atoms with Crippen LogP contribution in [-0.4, -0.2) is 57.9 Å². The quantitative estimate of drug-likeness (QED) is 0.0548. The van der Waals surface area contributed by atoms with Crippen molar-refractivity contribution >= 4 is 23.2 Å². The number of hydrogen-bond donors (Lipinski definition) is 6. The smallest absolute Gasteiger partial charge is 0.267 e. The SMILES string of the molecule is CC(CO)(CO)NCc1ccc(OCc2cccc(-c3cccc(COc4ccc(CNC(C)(CO)CO)cc4C(F)F)c3Cl)c2Cl)c(C(F)F)c1. The third kappa shape index (κ3) is 10.4. The minimum Gasteiger partial charge on any atom is -0.488 e. The highest BCUT2D eigenvalue weighted by atomic mass is 35.5. The third-order valence-corrected chi connectivity index (χ3v) is 9.56. The van der Waals surface area contributed by atoms with Crippen LogP contribution in [0.3, 0.4) is 0 Å². The zero-order chi connectivity index (χ0) is 38.1. The molecular formula is C38H42Cl2F4N2O6. The Hall–Kier alpha value is -3.46. The fourth-order valence-corrected chi connectivity index (χ4v) is 5.65. The average molecular weight is 770 g/mol. The summed E-state index contributed by atoms with van der Waals surface area (Å²) in [6.45, 7) is 1.83. The summed E-state index contributed by atoms with van der Waals surface area (Å²) < 4.78 is 67.8. The van der Waals surface area contributed by atoms with E-state index in [1.54, 1.807) is 62.4 Å². The molecule has 0 amide bonds. The molecule has 0 saturated heterocycles. The van der Waals surface area contributed by atoms with Gasteiger partial charge in [-0.3, -0.25) is 0 Å². The lowest BCUT2D eigenvalue weighted by molar-refractivity contribution is 0.103. The second-order valence-corrected chi connectivity index (χ2v) is 13.7. The van der Waals surface area contributed by atoms with Crippen LogP contribution in [0.2, 0.25) is 10.0 Å². The van der Waals surface area contributed by atoms with Crippen molar-refractivity contribution in [1.82, 2.24) is 10.6 Å². The lowest BCUT2D eigenvalue weighted by Crippen LogP contribution is -2.48. The molecule has 52 heavy (non-hydrogen) atoms. The van der Waals surface area contributed by atoms with Gasteiger partial charge in [0.2, 0.25) is 0 Å². The van der Waals surface area contributed by atoms with Gasteiger partial charge in [0, 0.05) is 35.3 Å². The van der Waals surface area contributed by atoms with Crippen LogP contribution in [0.15, 0.2) is 72.8 Å². The minimum atomic E-state index is -2.84. The number of nitrogens with one attached hydrogen (secondary N) is 2. The van der Waals surface area contributed by atoms with Crippen LogP contribution in [-0.2, 0) is 26.3 Å². The molecule has 4 aromatic rings. The second kappa shape index (κ2) is 18.5. The Morgan fingerprint density at radius 2 is 0.962 bits per heavy atom. The van der Waals surface area contributed by atoms with Crippen LogP contribution in [0.5, 0.6) is 11.5 Å². The van der Waals surface area contributed by atoms with Crippen molar-refractivity contribution in [3.8, 4) is 22.6 Å². The Labute approximate surface area is 309 Å². The van der Waals surface area contributed by atoms with E-state index in [1.807, 2.05) is 0 Å². The number of aliphatic hydroxyl groups excluding tert-OH is 4. The van der Waals surface area contributed by atoms with Gasteiger partial charge in [0.15, 0.2) is 0 Å². The number of alkyl halides is 4. The number of ether oxygens (including phenoxy) is 2. The molecular weight excluding hydrogens is 727 g/mol. The first-order valence-electron chi connectivity index (χ1n) is 16.3. The van der Waals surface area contributed by atoms with E-state index in [-0.39, 0.29) is 85.4 Å². The van der Waals surface area contributed by atoms with E-state index in [2.05, 4.69) is 10.6 Å². The van der Waals surface area contributed by atoms with E-state index < -0.39 is 23.9 Å². The Balaban J connectivity index is 1.49. The van der Waals surface area contributed by atoms with Crippen LogP contribution >= 0.6 is 23.2 Å². The highest BCUT2D eigenvalue weighted by Crippen LogP contribution is 2.39. The van der Waals surface area contributed by atoms with Gasteiger partial charge in [-0.15, -0.1) is 0 Å². The zero-order valence-corrected chi connectivity index (χ0v) is 30.1. The first-order valence-corrected chi connectivity index (χ1v) is 17.1. The highest BCUT2D eigenvalue weighted by Gasteiger charge is 2.24. The summed E-state index contributed by atoms with van der Waals surface area (Å²) >= 11 is 13.6. The fraction of sp³-hybridized carbons (Fsp3) is 0.368. The normalized spacial score (nSPS) is 12.2. The van der Waals surface area contributed by atoms with Crippen molar-refractivity contribution in [1.29, 1.82) is 0 Å². The first kappa shape index (κ1) is 41.3. The molecule has 0 bridgehead atoms. The molecule has 0 atom stereocenters. The van der Waals surface area contributed by atoms with Crippen molar-refractivity contribution < 1.29 is 47.5 Å². The topological polar surface area (TPSA) is 123 Å². The maximum atomic E-state index is 14.0. The van der Waals surface area contributed by atoms with Gasteiger partial charge in [-0.25, -0.2) is 17.6 Å². The summed E-state index contributed by atoms with van der Waals surface area (Å²) in [4.78, 5) is 0. The number of aliphatic hydroxyl groups is 4. The average Bonchev–Trinajstić information content (AvgIpc) is 3.15. The first-order chi connectivity index (χ1) is 24.8. The van der Waals surface area contributed by atoms with E-state index in [4.69, 9.17) is 32.7 Å². The highest BCUT2D eigenvalue weighted by molar-refractivity contribution is 6.37. The van der Waals surface area contributed by atoms with Crippen molar-refractivity contribution in [2.75, 3.05) is 26.4 Å². The van der Waals surface area contributed by atoms with Crippen molar-refractivity contribution in [2.24, 2.45) is 0 Å². The van der Waals surface area contributed by atoms with Gasteiger partial charge in [0.1, 0.15) is 24.7 Å². The molecule has 6 N–H and O–H groups in total. The van der Waals surface area contributed by atoms with Crippen LogP contribution in [0, 0.1) is 0 Å². The molecule has 4 rings (SSSR count). The molecule has 0 radical (unpaired) electrons. The predicted octanol–water partition coefficient (Wildman–Crippen LogP) is 7.36. The van der Waals surface area contributed by atoms with Gasteiger partial charge in [-0.05, 0) is 49.2 Å². The molecule has 0 fully saturated rings. The van der Waals surface area contributed by atoms with Crippen LogP contribution in [0.25, 0.3) is 11.1 Å². The summed E-state index contributed by atoms with van der Waals surface area (Å²) in [5, 5.41) is 44.5. The number of hydrogen-bond acceptors (Lipinski definition) is 8. The van der Waals surface area contributed by atoms with Crippen molar-refractivity contribution in [2.45, 2.75) is 64.1 Å². The van der Waals surface area contributed by atoms with E-state index in [0.717, 1.165) is 0 Å². The monoisotopic (exact) mass is 768 g/mol. The molecule has 8 nitrogen and oxygen atoms in total. The van der Waals surface area contributed by atoms with Gasteiger partial charge in [0.05, 0.1) is 58.7 Å². The fourth-order valence-electron chi connectivity index (χ4n) is 5.08. The molecule has 0 heterocycles. The Morgan fingerprint density at radius 3 is 1.29 bits per heavy atom. The standard InChI is InChI=1S/C38H42Cl2F4N2O6/c1-37(19-47,20-48)45-15-23-9-11-31(29(13-23)35(41)42)51-17-25-5-3-7-27(33(25)39)28-8-4-6-26(34(28)40)18-52-32-12-10-24(14-30(32)36(43)44)16-46-38(2,21-49)22-50/h3-14,35-36,45-50H,15-22H2,1-2H3. The molecule has 0 spiro atoms. The van der Waals surface area contributed by atoms with Crippen LogP contribution < -0.4 is 20.1 Å². The number of rotatable bonds is 19. The number of benzene rings is 4. The molecule has 14 heteroatoms. The van der Waals surface area contributed by atoms with Gasteiger partial charge in [-0.2, -0.15) is 0 Å². The molecule has 0 aliphatic rings. The van der Waals surface area contributed by atoms with E-state index >= 15 is 0 Å². The van der Waals surface area contributed by atoms with Gasteiger partial charge < -0.3 is 40.5 Å². The summed E-state index contributed by atoms with van der Waals surface area (Å²) in [5.74, 6) is -0.0727. The summed E-state index contributed by atoms with van der Waals surface area (Å²) in [7, 11) is 0. The predicted molar refractivity (Wildman–Crippen MR) is 192 cm³/mol. The summed E-state index contributed by atoms with van der Waals surface area (Å²) in [6, 6.07) is 19.0. The Bertz CT molecular complexity index is 1660. The molecule has 0 aliphatic carbocycles. The van der Waals surface area contributed by atoms with Gasteiger partial charge >= 0.3 is 0 Å². The molecule has 0 unspecified atom stereocenters. The summed E-state index contributed by atoms with van der Waals surface area (Å²) in [5.41, 5.74) is 0.462. The zero-order valence-electron chi connectivity index (χ0n) is 28.6. The molecule has 0 saturated carbocycles. The van der Waals surface area contributed by atoms with Crippen LogP contribution in [0.4, 0.5) is 17.6 Å². The van der Waals surface area contributed by atoms with Gasteiger partial charge in [0.25, 0.3) is 12.9 Å². The number of halogens is 6. The molecule has 4 aromatic carbocycles. The van der Waals surface area contributed by atoms with Crippen molar-refractivity contribution in [3.05, 3.63) is 116 Å². The third-order valence-electron chi connectivity index (χ3n) is 8.67. The second-order valence-electron chi connectivity index (χ2n) is 12.9. The molecule has 282 valence electrons. The maximum Gasteiger partial charge on any atom is 0.267 e. The van der Waals surface area contributed by atoms with Gasteiger partial charge in [-0.1, -0.05) is 71.7 Å². The largest absolute Gasteiger partial charge is 0.488 e. The van der Waals surface area contributed by atoms with E-state index in [0.29, 0.717) is 33.4 Å².